The zero-order valence-corrected chi connectivity index (χ0v) is 12.1. The van der Waals surface area contributed by atoms with Gasteiger partial charge < -0.3 is 15.6 Å². The lowest BCUT2D eigenvalue weighted by molar-refractivity contribution is 0.299. The lowest BCUT2D eigenvalue weighted by Crippen LogP contribution is -1.97. The van der Waals surface area contributed by atoms with Gasteiger partial charge in [-0.1, -0.05) is 34.1 Å². The first-order valence-electron chi connectivity index (χ1n) is 6.09. The second-order valence-corrected chi connectivity index (χ2v) is 5.03. The quantitative estimate of drug-likeness (QED) is 0.888. The molecule has 0 amide bonds. The average molecular weight is 322 g/mol. The SMILES string of the molecule is NCc1ccc(Oc2ccc(CCO)cc2)cc1Br. The van der Waals surface area contributed by atoms with Crippen LogP contribution in [0.2, 0.25) is 0 Å². The topological polar surface area (TPSA) is 55.5 Å². The third kappa shape index (κ3) is 3.80. The summed E-state index contributed by atoms with van der Waals surface area (Å²) in [6, 6.07) is 13.5. The Morgan fingerprint density at radius 3 is 2.32 bits per heavy atom. The van der Waals surface area contributed by atoms with E-state index in [1.165, 1.54) is 0 Å². The summed E-state index contributed by atoms with van der Waals surface area (Å²) in [6.45, 7) is 0.657. The van der Waals surface area contributed by atoms with Crippen molar-refractivity contribution in [1.29, 1.82) is 0 Å². The standard InChI is InChI=1S/C15H16BrNO2/c16-15-9-14(6-3-12(15)10-17)19-13-4-1-11(2-5-13)7-8-18/h1-6,9,18H,7-8,10,17H2. The molecular formula is C15H16BrNO2. The van der Waals surface area contributed by atoms with Gasteiger partial charge in [0.1, 0.15) is 11.5 Å². The Hall–Kier alpha value is -1.36. The molecule has 3 nitrogen and oxygen atoms in total. The summed E-state index contributed by atoms with van der Waals surface area (Å²) in [5.74, 6) is 1.54. The second-order valence-electron chi connectivity index (χ2n) is 4.18. The van der Waals surface area contributed by atoms with Crippen LogP contribution in [-0.4, -0.2) is 11.7 Å². The summed E-state index contributed by atoms with van der Waals surface area (Å²) in [5.41, 5.74) is 7.75. The largest absolute Gasteiger partial charge is 0.457 e. The Labute approximate surface area is 121 Å². The maximum Gasteiger partial charge on any atom is 0.128 e. The Bertz CT molecular complexity index is 540. The van der Waals surface area contributed by atoms with E-state index in [0.29, 0.717) is 13.0 Å². The van der Waals surface area contributed by atoms with Crippen molar-refractivity contribution >= 4 is 15.9 Å². The van der Waals surface area contributed by atoms with Crippen molar-refractivity contribution in [3.63, 3.8) is 0 Å². The van der Waals surface area contributed by atoms with Crippen molar-refractivity contribution in [2.45, 2.75) is 13.0 Å². The fourth-order valence-corrected chi connectivity index (χ4v) is 2.27. The van der Waals surface area contributed by atoms with Crippen molar-refractivity contribution < 1.29 is 9.84 Å². The number of rotatable bonds is 5. The summed E-state index contributed by atoms with van der Waals surface area (Å²) in [7, 11) is 0. The predicted octanol–water partition coefficient (Wildman–Crippen LogP) is 3.23. The Morgan fingerprint density at radius 1 is 1.05 bits per heavy atom. The number of hydrogen-bond acceptors (Lipinski definition) is 3. The van der Waals surface area contributed by atoms with Crippen LogP contribution in [-0.2, 0) is 13.0 Å². The number of ether oxygens (including phenoxy) is 1. The molecule has 19 heavy (non-hydrogen) atoms. The van der Waals surface area contributed by atoms with Crippen molar-refractivity contribution in [2.75, 3.05) is 6.61 Å². The van der Waals surface area contributed by atoms with Gasteiger partial charge in [0.2, 0.25) is 0 Å². The molecule has 2 aromatic rings. The van der Waals surface area contributed by atoms with E-state index in [4.69, 9.17) is 15.6 Å². The van der Waals surface area contributed by atoms with Crippen molar-refractivity contribution in [2.24, 2.45) is 5.73 Å². The summed E-state index contributed by atoms with van der Waals surface area (Å²) in [4.78, 5) is 0. The van der Waals surface area contributed by atoms with Gasteiger partial charge in [0.15, 0.2) is 0 Å². The first-order valence-corrected chi connectivity index (χ1v) is 6.88. The molecule has 0 atom stereocenters. The maximum atomic E-state index is 8.86. The minimum absolute atomic E-state index is 0.160. The van der Waals surface area contributed by atoms with Crippen molar-refractivity contribution in [3.8, 4) is 11.5 Å². The maximum absolute atomic E-state index is 8.86. The third-order valence-corrected chi connectivity index (χ3v) is 3.54. The van der Waals surface area contributed by atoms with Crippen LogP contribution in [0.5, 0.6) is 11.5 Å². The van der Waals surface area contributed by atoms with Gasteiger partial charge in [-0.15, -0.1) is 0 Å². The normalized spacial score (nSPS) is 10.5. The minimum Gasteiger partial charge on any atom is -0.457 e. The van der Waals surface area contributed by atoms with Gasteiger partial charge >= 0.3 is 0 Å². The van der Waals surface area contributed by atoms with Crippen LogP contribution in [0.1, 0.15) is 11.1 Å². The summed E-state index contributed by atoms with van der Waals surface area (Å²) < 4.78 is 6.71. The molecule has 0 aliphatic carbocycles. The molecule has 0 spiro atoms. The van der Waals surface area contributed by atoms with Gasteiger partial charge in [-0.25, -0.2) is 0 Å². The Balaban J connectivity index is 2.10. The van der Waals surface area contributed by atoms with Gasteiger partial charge in [0.05, 0.1) is 0 Å². The first kappa shape index (κ1) is 14.1. The van der Waals surface area contributed by atoms with Gasteiger partial charge in [0, 0.05) is 17.6 Å². The van der Waals surface area contributed by atoms with Crippen LogP contribution in [0.3, 0.4) is 0 Å². The number of nitrogens with two attached hydrogens (primary N) is 1. The molecule has 0 fully saturated rings. The monoisotopic (exact) mass is 321 g/mol. The fraction of sp³-hybridized carbons (Fsp3) is 0.200. The lowest BCUT2D eigenvalue weighted by Gasteiger charge is -2.08. The van der Waals surface area contributed by atoms with Crippen LogP contribution < -0.4 is 10.5 Å². The first-order chi connectivity index (χ1) is 9.22. The van der Waals surface area contributed by atoms with Gasteiger partial charge in [-0.3, -0.25) is 0 Å². The molecule has 0 aromatic heterocycles. The molecule has 0 bridgehead atoms. The minimum atomic E-state index is 0.160. The molecule has 0 aliphatic rings. The number of hydrogen-bond donors (Lipinski definition) is 2. The average Bonchev–Trinajstić information content (AvgIpc) is 2.42. The predicted molar refractivity (Wildman–Crippen MR) is 79.3 cm³/mol. The van der Waals surface area contributed by atoms with E-state index in [-0.39, 0.29) is 6.61 Å². The van der Waals surface area contributed by atoms with E-state index in [1.807, 2.05) is 42.5 Å². The smallest absolute Gasteiger partial charge is 0.128 e. The molecule has 2 aromatic carbocycles. The summed E-state index contributed by atoms with van der Waals surface area (Å²) >= 11 is 3.47. The molecule has 0 saturated heterocycles. The lowest BCUT2D eigenvalue weighted by atomic mass is 10.1. The van der Waals surface area contributed by atoms with Gasteiger partial charge in [0.25, 0.3) is 0 Å². The van der Waals surface area contributed by atoms with E-state index in [2.05, 4.69) is 15.9 Å². The van der Waals surface area contributed by atoms with E-state index in [9.17, 15) is 0 Å². The van der Waals surface area contributed by atoms with Crippen molar-refractivity contribution in [1.82, 2.24) is 0 Å². The molecule has 0 heterocycles. The van der Waals surface area contributed by atoms with Crippen LogP contribution in [0.25, 0.3) is 0 Å². The highest BCUT2D eigenvalue weighted by molar-refractivity contribution is 9.10. The second kappa shape index (κ2) is 6.70. The van der Waals surface area contributed by atoms with E-state index >= 15 is 0 Å². The summed E-state index contributed by atoms with van der Waals surface area (Å²) in [5, 5.41) is 8.86. The molecule has 0 unspecified atom stereocenters. The number of aliphatic hydroxyl groups is 1. The molecule has 4 heteroatoms. The van der Waals surface area contributed by atoms with Crippen LogP contribution >= 0.6 is 15.9 Å². The molecule has 0 aliphatic heterocycles. The molecule has 3 N–H and O–H groups in total. The van der Waals surface area contributed by atoms with Gasteiger partial charge in [-0.2, -0.15) is 0 Å². The molecule has 100 valence electrons. The zero-order chi connectivity index (χ0) is 13.7. The molecular weight excluding hydrogens is 306 g/mol. The van der Waals surface area contributed by atoms with Gasteiger partial charge in [-0.05, 0) is 41.8 Å². The van der Waals surface area contributed by atoms with E-state index in [0.717, 1.165) is 27.1 Å². The number of halogens is 1. The van der Waals surface area contributed by atoms with Crippen LogP contribution in [0.15, 0.2) is 46.9 Å². The van der Waals surface area contributed by atoms with Crippen LogP contribution in [0.4, 0.5) is 0 Å². The Morgan fingerprint density at radius 2 is 1.74 bits per heavy atom. The van der Waals surface area contributed by atoms with E-state index < -0.39 is 0 Å². The molecule has 0 saturated carbocycles. The highest BCUT2D eigenvalue weighted by atomic mass is 79.9. The zero-order valence-electron chi connectivity index (χ0n) is 10.5. The summed E-state index contributed by atoms with van der Waals surface area (Å²) in [6.07, 6.45) is 0.664. The number of benzene rings is 2. The number of aliphatic hydroxyl groups excluding tert-OH is 1. The van der Waals surface area contributed by atoms with E-state index in [1.54, 1.807) is 0 Å². The highest BCUT2D eigenvalue weighted by Crippen LogP contribution is 2.27. The van der Waals surface area contributed by atoms with Crippen LogP contribution in [0, 0.1) is 0 Å². The highest BCUT2D eigenvalue weighted by Gasteiger charge is 2.02. The molecule has 2 rings (SSSR count). The molecule has 0 radical (unpaired) electrons. The van der Waals surface area contributed by atoms with Crippen molar-refractivity contribution in [3.05, 3.63) is 58.1 Å². The third-order valence-electron chi connectivity index (χ3n) is 2.80. The Kier molecular flexibility index (Phi) is 4.96. The fourth-order valence-electron chi connectivity index (χ4n) is 1.75.